The Kier molecular flexibility index (Phi) is 2.83. The van der Waals surface area contributed by atoms with E-state index in [2.05, 4.69) is 47.1 Å². The van der Waals surface area contributed by atoms with Crippen LogP contribution in [0.15, 0.2) is 15.4 Å². The summed E-state index contributed by atoms with van der Waals surface area (Å²) in [7, 11) is 0. The minimum Gasteiger partial charge on any atom is -0.365 e. The molecule has 1 N–H and O–H groups in total. The molecule has 0 radical (unpaired) electrons. The molecule has 0 amide bonds. The SMILES string of the molecule is Brc1cnc(NC2CCC2)c(Br)n1. The van der Waals surface area contributed by atoms with Gasteiger partial charge in [0, 0.05) is 6.04 Å². The Labute approximate surface area is 93.6 Å². The van der Waals surface area contributed by atoms with E-state index < -0.39 is 0 Å². The van der Waals surface area contributed by atoms with Gasteiger partial charge in [-0.2, -0.15) is 0 Å². The molecule has 0 aromatic carbocycles. The Morgan fingerprint density at radius 3 is 2.69 bits per heavy atom. The fourth-order valence-electron chi connectivity index (χ4n) is 1.19. The number of hydrogen-bond donors (Lipinski definition) is 1. The van der Waals surface area contributed by atoms with Gasteiger partial charge in [0.05, 0.1) is 6.20 Å². The third-order valence-electron chi connectivity index (χ3n) is 2.15. The van der Waals surface area contributed by atoms with Crippen LogP contribution in [0.1, 0.15) is 19.3 Å². The van der Waals surface area contributed by atoms with Crippen LogP contribution >= 0.6 is 31.9 Å². The second-order valence-electron chi connectivity index (χ2n) is 3.10. The molecule has 70 valence electrons. The Bertz CT molecular complexity index is 312. The van der Waals surface area contributed by atoms with Gasteiger partial charge in [0.1, 0.15) is 9.21 Å². The number of aromatic nitrogens is 2. The number of hydrogen-bond acceptors (Lipinski definition) is 3. The summed E-state index contributed by atoms with van der Waals surface area (Å²) in [6, 6.07) is 0.590. The second kappa shape index (κ2) is 3.92. The first-order valence-corrected chi connectivity index (χ1v) is 5.79. The average Bonchev–Trinajstić information content (AvgIpc) is 1.99. The van der Waals surface area contributed by atoms with Gasteiger partial charge in [0.2, 0.25) is 0 Å². The predicted octanol–water partition coefficient (Wildman–Crippen LogP) is 2.97. The number of nitrogens with zero attached hydrogens (tertiary/aromatic N) is 2. The van der Waals surface area contributed by atoms with Gasteiger partial charge in [-0.1, -0.05) is 0 Å². The van der Waals surface area contributed by atoms with Crippen molar-refractivity contribution in [3.8, 4) is 0 Å². The molecule has 1 aromatic rings. The van der Waals surface area contributed by atoms with Gasteiger partial charge in [0.15, 0.2) is 5.82 Å². The van der Waals surface area contributed by atoms with Gasteiger partial charge in [0.25, 0.3) is 0 Å². The van der Waals surface area contributed by atoms with Crippen LogP contribution in [0.4, 0.5) is 5.82 Å². The van der Waals surface area contributed by atoms with Crippen molar-refractivity contribution in [3.63, 3.8) is 0 Å². The number of nitrogens with one attached hydrogen (secondary N) is 1. The van der Waals surface area contributed by atoms with Crippen LogP contribution < -0.4 is 5.32 Å². The highest BCUT2D eigenvalue weighted by Gasteiger charge is 2.18. The van der Waals surface area contributed by atoms with Crippen molar-refractivity contribution in [2.45, 2.75) is 25.3 Å². The summed E-state index contributed by atoms with van der Waals surface area (Å²) in [5.74, 6) is 0.841. The molecule has 0 unspecified atom stereocenters. The minimum atomic E-state index is 0.590. The summed E-state index contributed by atoms with van der Waals surface area (Å²) in [5.41, 5.74) is 0. The summed E-state index contributed by atoms with van der Waals surface area (Å²) in [6.07, 6.45) is 5.50. The molecular formula is C8H9Br2N3. The van der Waals surface area contributed by atoms with E-state index >= 15 is 0 Å². The normalized spacial score (nSPS) is 16.8. The molecule has 0 aliphatic heterocycles. The largest absolute Gasteiger partial charge is 0.365 e. The third-order valence-corrected chi connectivity index (χ3v) is 3.08. The van der Waals surface area contributed by atoms with E-state index in [-0.39, 0.29) is 0 Å². The highest BCUT2D eigenvalue weighted by Crippen LogP contribution is 2.26. The van der Waals surface area contributed by atoms with Crippen LogP contribution in [0, 0.1) is 0 Å². The van der Waals surface area contributed by atoms with Crippen LogP contribution in [0.3, 0.4) is 0 Å². The summed E-state index contributed by atoms with van der Waals surface area (Å²) in [6.45, 7) is 0. The number of halogens is 2. The maximum atomic E-state index is 4.23. The zero-order valence-corrected chi connectivity index (χ0v) is 10.1. The van der Waals surface area contributed by atoms with E-state index in [0.717, 1.165) is 15.0 Å². The lowest BCUT2D eigenvalue weighted by Crippen LogP contribution is -2.27. The highest BCUT2D eigenvalue weighted by atomic mass is 79.9. The van der Waals surface area contributed by atoms with Crippen LogP contribution in [-0.2, 0) is 0 Å². The van der Waals surface area contributed by atoms with E-state index in [1.165, 1.54) is 19.3 Å². The van der Waals surface area contributed by atoms with Crippen molar-refractivity contribution in [2.75, 3.05) is 5.32 Å². The molecule has 2 rings (SSSR count). The molecule has 0 saturated heterocycles. The fraction of sp³-hybridized carbons (Fsp3) is 0.500. The maximum absolute atomic E-state index is 4.23. The van der Waals surface area contributed by atoms with E-state index in [0.29, 0.717) is 6.04 Å². The Balaban J connectivity index is 2.10. The molecule has 0 spiro atoms. The Morgan fingerprint density at radius 2 is 2.15 bits per heavy atom. The van der Waals surface area contributed by atoms with Gasteiger partial charge in [-0.3, -0.25) is 0 Å². The molecule has 1 heterocycles. The van der Waals surface area contributed by atoms with Crippen molar-refractivity contribution in [2.24, 2.45) is 0 Å². The lowest BCUT2D eigenvalue weighted by Gasteiger charge is -2.27. The van der Waals surface area contributed by atoms with Gasteiger partial charge in [-0.25, -0.2) is 9.97 Å². The van der Waals surface area contributed by atoms with Gasteiger partial charge in [-0.15, -0.1) is 0 Å². The molecule has 1 fully saturated rings. The van der Waals surface area contributed by atoms with Gasteiger partial charge < -0.3 is 5.32 Å². The first-order chi connectivity index (χ1) is 6.25. The predicted molar refractivity (Wildman–Crippen MR) is 58.7 cm³/mol. The van der Waals surface area contributed by atoms with E-state index in [9.17, 15) is 0 Å². The van der Waals surface area contributed by atoms with E-state index in [1.54, 1.807) is 6.20 Å². The standard InChI is InChI=1S/C8H9Br2N3/c9-6-4-11-8(7(10)13-6)12-5-2-1-3-5/h4-5H,1-3H2,(H,11,12). The highest BCUT2D eigenvalue weighted by molar-refractivity contribution is 9.11. The number of anilines is 1. The van der Waals surface area contributed by atoms with Gasteiger partial charge in [-0.05, 0) is 51.1 Å². The molecular weight excluding hydrogens is 298 g/mol. The quantitative estimate of drug-likeness (QED) is 0.913. The van der Waals surface area contributed by atoms with Crippen LogP contribution in [-0.4, -0.2) is 16.0 Å². The van der Waals surface area contributed by atoms with Crippen molar-refractivity contribution in [1.29, 1.82) is 0 Å². The van der Waals surface area contributed by atoms with E-state index in [4.69, 9.17) is 0 Å². The first kappa shape index (κ1) is 9.40. The molecule has 1 aliphatic carbocycles. The summed E-state index contributed by atoms with van der Waals surface area (Å²) < 4.78 is 1.52. The second-order valence-corrected chi connectivity index (χ2v) is 4.67. The summed E-state index contributed by atoms with van der Waals surface area (Å²) in [4.78, 5) is 8.43. The minimum absolute atomic E-state index is 0.590. The zero-order valence-electron chi connectivity index (χ0n) is 6.93. The smallest absolute Gasteiger partial charge is 0.159 e. The average molecular weight is 307 g/mol. The Morgan fingerprint density at radius 1 is 1.38 bits per heavy atom. The molecule has 5 heteroatoms. The number of rotatable bonds is 2. The lowest BCUT2D eigenvalue weighted by molar-refractivity contribution is 0.444. The van der Waals surface area contributed by atoms with Gasteiger partial charge >= 0.3 is 0 Å². The van der Waals surface area contributed by atoms with Crippen LogP contribution in [0.25, 0.3) is 0 Å². The molecule has 0 atom stereocenters. The maximum Gasteiger partial charge on any atom is 0.159 e. The first-order valence-electron chi connectivity index (χ1n) is 4.20. The fourth-order valence-corrected chi connectivity index (χ4v) is 2.11. The molecule has 0 bridgehead atoms. The Hall–Kier alpha value is -0.160. The summed E-state index contributed by atoms with van der Waals surface area (Å²) >= 11 is 6.62. The molecule has 1 aliphatic rings. The van der Waals surface area contributed by atoms with Crippen molar-refractivity contribution in [1.82, 2.24) is 9.97 Å². The van der Waals surface area contributed by atoms with Crippen LogP contribution in [0.5, 0.6) is 0 Å². The molecule has 13 heavy (non-hydrogen) atoms. The van der Waals surface area contributed by atoms with Crippen LogP contribution in [0.2, 0.25) is 0 Å². The molecule has 1 saturated carbocycles. The molecule has 1 aromatic heterocycles. The van der Waals surface area contributed by atoms with Crippen molar-refractivity contribution >= 4 is 37.7 Å². The summed E-state index contributed by atoms with van der Waals surface area (Å²) in [5, 5.41) is 3.33. The topological polar surface area (TPSA) is 37.8 Å². The van der Waals surface area contributed by atoms with E-state index in [1.807, 2.05) is 0 Å². The molecule has 3 nitrogen and oxygen atoms in total. The lowest BCUT2D eigenvalue weighted by atomic mass is 9.93. The third kappa shape index (κ3) is 2.20. The van der Waals surface area contributed by atoms with Crippen molar-refractivity contribution < 1.29 is 0 Å². The van der Waals surface area contributed by atoms with Crippen molar-refractivity contribution in [3.05, 3.63) is 15.4 Å². The zero-order chi connectivity index (χ0) is 9.26. The monoisotopic (exact) mass is 305 g/mol.